The average molecular weight is 510 g/mol. The Morgan fingerprint density at radius 1 is 0.870 bits per heavy atom. The van der Waals surface area contributed by atoms with Crippen LogP contribution in [0.2, 0.25) is 0 Å². The van der Waals surface area contributed by atoms with Crippen molar-refractivity contribution >= 4 is 47.8 Å². The summed E-state index contributed by atoms with van der Waals surface area (Å²) in [6.07, 6.45) is 8.99. The number of hydrogen-bond acceptors (Lipinski definition) is 6. The molecule has 1 aliphatic rings. The molecule has 1 aliphatic heterocycles. The van der Waals surface area contributed by atoms with Crippen molar-refractivity contribution in [3.63, 3.8) is 0 Å². The molecule has 9 heteroatoms. The normalized spacial score (nSPS) is 15.7. The van der Waals surface area contributed by atoms with Gasteiger partial charge in [0.15, 0.2) is 0 Å². The molecule has 3 heterocycles. The van der Waals surface area contributed by atoms with E-state index in [1.165, 1.54) is 0 Å². The first-order valence-electron chi connectivity index (χ1n) is 6.98. The number of rotatable bonds is 2. The fourth-order valence-corrected chi connectivity index (χ4v) is 2.55. The van der Waals surface area contributed by atoms with E-state index >= 15 is 0 Å². The quantitative estimate of drug-likeness (QED) is 0.615. The zero-order valence-corrected chi connectivity index (χ0v) is 17.3. The van der Waals surface area contributed by atoms with Crippen molar-refractivity contribution in [2.24, 2.45) is 0 Å². The molecule has 0 N–H and O–H groups in total. The molecule has 2 aromatic rings. The standard InChI is InChI=1S/C10H14BrN3O.C4H2Br2N2/c1-14-4-2-8(3-5-14)15-10-7-12-9(11)6-13-10;5-3-1-7-4(6)2-8-3/h6-8H,2-5H2,1H3;1-2H. The second-order valence-electron chi connectivity index (χ2n) is 4.96. The Balaban J connectivity index is 0.000000203. The van der Waals surface area contributed by atoms with Crippen molar-refractivity contribution in [1.82, 2.24) is 24.8 Å². The molecule has 0 aromatic carbocycles. The van der Waals surface area contributed by atoms with Crippen LogP contribution in [0.5, 0.6) is 5.88 Å². The lowest BCUT2D eigenvalue weighted by Gasteiger charge is -2.28. The summed E-state index contributed by atoms with van der Waals surface area (Å²) in [5.41, 5.74) is 0. The fraction of sp³-hybridized carbons (Fsp3) is 0.429. The minimum atomic E-state index is 0.289. The Hall–Kier alpha value is -0.640. The molecule has 0 bridgehead atoms. The van der Waals surface area contributed by atoms with E-state index in [0.29, 0.717) is 5.88 Å². The number of likely N-dealkylation sites (tertiary alicyclic amines) is 1. The largest absolute Gasteiger partial charge is 0.473 e. The first-order chi connectivity index (χ1) is 11.0. The average Bonchev–Trinajstić information content (AvgIpc) is 2.55. The monoisotopic (exact) mass is 507 g/mol. The highest BCUT2D eigenvalue weighted by molar-refractivity contribution is 9.11. The van der Waals surface area contributed by atoms with Crippen molar-refractivity contribution < 1.29 is 4.74 Å². The zero-order valence-electron chi connectivity index (χ0n) is 12.5. The number of halogens is 3. The van der Waals surface area contributed by atoms with Crippen LogP contribution in [0.1, 0.15) is 12.8 Å². The van der Waals surface area contributed by atoms with Gasteiger partial charge in [0.2, 0.25) is 5.88 Å². The summed E-state index contributed by atoms with van der Waals surface area (Å²) in [5.74, 6) is 0.618. The molecule has 124 valence electrons. The molecule has 6 nitrogen and oxygen atoms in total. The third-order valence-electron chi connectivity index (χ3n) is 3.14. The van der Waals surface area contributed by atoms with Crippen molar-refractivity contribution in [3.05, 3.63) is 38.6 Å². The third-order valence-corrected chi connectivity index (χ3v) is 4.37. The Morgan fingerprint density at radius 2 is 1.35 bits per heavy atom. The van der Waals surface area contributed by atoms with Crippen LogP contribution in [0.25, 0.3) is 0 Å². The van der Waals surface area contributed by atoms with Crippen molar-refractivity contribution in [1.29, 1.82) is 0 Å². The van der Waals surface area contributed by atoms with Gasteiger partial charge in [-0.15, -0.1) is 0 Å². The number of hydrogen-bond donors (Lipinski definition) is 0. The smallest absolute Gasteiger partial charge is 0.232 e. The van der Waals surface area contributed by atoms with E-state index in [1.54, 1.807) is 24.8 Å². The second kappa shape index (κ2) is 9.61. The molecule has 0 spiro atoms. The molecule has 0 unspecified atom stereocenters. The maximum absolute atomic E-state index is 5.74. The predicted octanol–water partition coefficient (Wildman–Crippen LogP) is 3.71. The Kier molecular flexibility index (Phi) is 7.81. The van der Waals surface area contributed by atoms with E-state index < -0.39 is 0 Å². The fourth-order valence-electron chi connectivity index (χ4n) is 1.93. The van der Waals surface area contributed by atoms with Crippen LogP contribution < -0.4 is 4.74 Å². The Morgan fingerprint density at radius 3 is 1.78 bits per heavy atom. The number of piperidine rings is 1. The summed E-state index contributed by atoms with van der Waals surface area (Å²) in [7, 11) is 2.13. The van der Waals surface area contributed by atoms with E-state index in [-0.39, 0.29) is 6.10 Å². The molecule has 0 radical (unpaired) electrons. The van der Waals surface area contributed by atoms with Crippen LogP contribution in [0.3, 0.4) is 0 Å². The summed E-state index contributed by atoms with van der Waals surface area (Å²) in [5, 5.41) is 0. The highest BCUT2D eigenvalue weighted by atomic mass is 79.9. The van der Waals surface area contributed by atoms with Gasteiger partial charge in [-0.25, -0.2) is 19.9 Å². The minimum Gasteiger partial charge on any atom is -0.473 e. The number of nitrogens with zero attached hydrogens (tertiary/aromatic N) is 5. The van der Waals surface area contributed by atoms with E-state index in [4.69, 9.17) is 4.74 Å². The van der Waals surface area contributed by atoms with Gasteiger partial charge in [-0.1, -0.05) is 0 Å². The lowest BCUT2D eigenvalue weighted by molar-refractivity contribution is 0.109. The van der Waals surface area contributed by atoms with Gasteiger partial charge in [0, 0.05) is 13.1 Å². The first-order valence-corrected chi connectivity index (χ1v) is 9.36. The van der Waals surface area contributed by atoms with Crippen LogP contribution in [-0.2, 0) is 0 Å². The maximum atomic E-state index is 5.74. The maximum Gasteiger partial charge on any atom is 0.232 e. The predicted molar refractivity (Wildman–Crippen MR) is 98.3 cm³/mol. The van der Waals surface area contributed by atoms with Gasteiger partial charge in [0.1, 0.15) is 19.9 Å². The van der Waals surface area contributed by atoms with Crippen LogP contribution in [-0.4, -0.2) is 51.1 Å². The van der Waals surface area contributed by atoms with E-state index in [0.717, 1.165) is 39.7 Å². The Labute approximate surface area is 160 Å². The highest BCUT2D eigenvalue weighted by Gasteiger charge is 2.18. The number of ether oxygens (including phenoxy) is 1. The van der Waals surface area contributed by atoms with Crippen LogP contribution in [0.4, 0.5) is 0 Å². The van der Waals surface area contributed by atoms with E-state index in [2.05, 4.69) is 79.7 Å². The van der Waals surface area contributed by atoms with Gasteiger partial charge in [-0.2, -0.15) is 0 Å². The first kappa shape index (κ1) is 18.7. The summed E-state index contributed by atoms with van der Waals surface area (Å²) >= 11 is 9.54. The molecule has 1 saturated heterocycles. The topological polar surface area (TPSA) is 64.0 Å². The molecular weight excluding hydrogens is 494 g/mol. The second-order valence-corrected chi connectivity index (χ2v) is 7.40. The lowest BCUT2D eigenvalue weighted by atomic mass is 10.1. The molecule has 0 atom stereocenters. The van der Waals surface area contributed by atoms with Crippen LogP contribution >= 0.6 is 47.8 Å². The molecule has 0 aliphatic carbocycles. The van der Waals surface area contributed by atoms with Gasteiger partial charge in [-0.05, 0) is 67.7 Å². The number of aromatic nitrogens is 4. The SMILES string of the molecule is Brc1cnc(Br)cn1.CN1CCC(Oc2cnc(Br)cn2)CC1. The molecule has 0 amide bonds. The molecular formula is C14H16Br3N5O. The van der Waals surface area contributed by atoms with E-state index in [1.807, 2.05) is 0 Å². The molecule has 23 heavy (non-hydrogen) atoms. The minimum absolute atomic E-state index is 0.289. The zero-order chi connectivity index (χ0) is 16.7. The lowest BCUT2D eigenvalue weighted by Crippen LogP contribution is -2.35. The molecule has 1 fully saturated rings. The van der Waals surface area contributed by atoms with Crippen molar-refractivity contribution in [3.8, 4) is 5.88 Å². The van der Waals surface area contributed by atoms with Gasteiger partial charge >= 0.3 is 0 Å². The van der Waals surface area contributed by atoms with Crippen LogP contribution in [0.15, 0.2) is 38.6 Å². The third kappa shape index (κ3) is 7.19. The van der Waals surface area contributed by atoms with Gasteiger partial charge in [0.05, 0.1) is 24.8 Å². The molecule has 0 saturated carbocycles. The van der Waals surface area contributed by atoms with Gasteiger partial charge in [-0.3, -0.25) is 0 Å². The molecule has 3 rings (SSSR count). The molecule has 2 aromatic heterocycles. The summed E-state index contributed by atoms with van der Waals surface area (Å²) in [4.78, 5) is 18.3. The highest BCUT2D eigenvalue weighted by Crippen LogP contribution is 2.16. The van der Waals surface area contributed by atoms with Crippen molar-refractivity contribution in [2.75, 3.05) is 20.1 Å². The van der Waals surface area contributed by atoms with Crippen LogP contribution in [0, 0.1) is 0 Å². The summed E-state index contributed by atoms with van der Waals surface area (Å²) in [6.45, 7) is 2.18. The van der Waals surface area contributed by atoms with E-state index in [9.17, 15) is 0 Å². The summed E-state index contributed by atoms with van der Waals surface area (Å²) in [6, 6.07) is 0. The van der Waals surface area contributed by atoms with Gasteiger partial charge < -0.3 is 9.64 Å². The van der Waals surface area contributed by atoms with Gasteiger partial charge in [0.25, 0.3) is 0 Å². The summed E-state index contributed by atoms with van der Waals surface area (Å²) < 4.78 is 7.97. The Bertz CT molecular complexity index is 567. The van der Waals surface area contributed by atoms with Crippen molar-refractivity contribution in [2.45, 2.75) is 18.9 Å².